The molecule has 1 heterocycles. The van der Waals surface area contributed by atoms with Gasteiger partial charge in [0.25, 0.3) is 0 Å². The predicted octanol–water partition coefficient (Wildman–Crippen LogP) is 2.94. The molecule has 0 aliphatic rings. The van der Waals surface area contributed by atoms with Crippen LogP contribution in [0, 0.1) is 13.8 Å². The Morgan fingerprint density at radius 1 is 1.14 bits per heavy atom. The topological polar surface area (TPSA) is 86.4 Å². The lowest BCUT2D eigenvalue weighted by molar-refractivity contribution is -0.152. The van der Waals surface area contributed by atoms with Gasteiger partial charge >= 0.3 is 11.7 Å². The molecule has 0 saturated heterocycles. The maximum Gasteiger partial charge on any atom is 0.350 e. The average molecular weight is 381 g/mol. The number of aromatic nitrogens is 3. The number of carboxylic acids is 1. The highest BCUT2D eigenvalue weighted by atomic mass is 16.5. The summed E-state index contributed by atoms with van der Waals surface area (Å²) in [4.78, 5) is 24.0. The van der Waals surface area contributed by atoms with E-state index in [0.29, 0.717) is 12.3 Å². The zero-order chi connectivity index (χ0) is 20.5. The molecule has 1 N–H and O–H groups in total. The van der Waals surface area contributed by atoms with Gasteiger partial charge in [0.15, 0.2) is 5.60 Å². The maximum absolute atomic E-state index is 12.6. The quantitative estimate of drug-likeness (QED) is 0.709. The molecule has 1 aromatic heterocycles. The predicted molar refractivity (Wildman–Crippen MR) is 105 cm³/mol. The zero-order valence-corrected chi connectivity index (χ0v) is 16.3. The highest BCUT2D eigenvalue weighted by molar-refractivity contribution is 5.77. The monoisotopic (exact) mass is 381 g/mol. The molecule has 0 fully saturated rings. The molecule has 0 aliphatic heterocycles. The van der Waals surface area contributed by atoms with Crippen molar-refractivity contribution in [2.24, 2.45) is 0 Å². The second-order valence-corrected chi connectivity index (χ2v) is 7.25. The molecule has 0 saturated carbocycles. The van der Waals surface area contributed by atoms with Gasteiger partial charge in [-0.1, -0.05) is 30.3 Å². The minimum absolute atomic E-state index is 0.228. The maximum atomic E-state index is 12.6. The largest absolute Gasteiger partial charge is 0.478 e. The SMILES string of the molecule is Cc1cc(Cn2ncn(-c3ccccc3)c2=O)cc(C)c1OC(C)(C)C(=O)O. The zero-order valence-electron chi connectivity index (χ0n) is 16.3. The van der Waals surface area contributed by atoms with Crippen molar-refractivity contribution < 1.29 is 14.6 Å². The van der Waals surface area contributed by atoms with Gasteiger partial charge in [-0.05, 0) is 56.5 Å². The number of benzene rings is 2. The van der Waals surface area contributed by atoms with E-state index in [1.807, 2.05) is 56.3 Å². The highest BCUT2D eigenvalue weighted by Crippen LogP contribution is 2.29. The summed E-state index contributed by atoms with van der Waals surface area (Å²) in [6, 6.07) is 13.1. The Kier molecular flexibility index (Phi) is 5.09. The Morgan fingerprint density at radius 3 is 2.32 bits per heavy atom. The van der Waals surface area contributed by atoms with Crippen LogP contribution in [0.5, 0.6) is 5.75 Å². The Bertz CT molecular complexity index is 1040. The lowest BCUT2D eigenvalue weighted by Crippen LogP contribution is -2.38. The van der Waals surface area contributed by atoms with E-state index in [0.717, 1.165) is 22.4 Å². The van der Waals surface area contributed by atoms with E-state index in [4.69, 9.17) is 4.74 Å². The summed E-state index contributed by atoms with van der Waals surface area (Å²) in [5, 5.41) is 13.5. The Balaban J connectivity index is 1.88. The van der Waals surface area contributed by atoms with E-state index in [9.17, 15) is 14.7 Å². The minimum Gasteiger partial charge on any atom is -0.478 e. The molecule has 3 rings (SSSR count). The normalized spacial score (nSPS) is 11.4. The minimum atomic E-state index is -1.33. The fraction of sp³-hybridized carbons (Fsp3) is 0.286. The van der Waals surface area contributed by atoms with E-state index < -0.39 is 11.6 Å². The molecule has 0 aliphatic carbocycles. The lowest BCUT2D eigenvalue weighted by atomic mass is 10.0. The van der Waals surface area contributed by atoms with Crippen LogP contribution in [0.15, 0.2) is 53.6 Å². The van der Waals surface area contributed by atoms with Crippen molar-refractivity contribution in [1.29, 1.82) is 0 Å². The van der Waals surface area contributed by atoms with Gasteiger partial charge in [-0.25, -0.2) is 18.8 Å². The van der Waals surface area contributed by atoms with E-state index >= 15 is 0 Å². The van der Waals surface area contributed by atoms with Gasteiger partial charge < -0.3 is 9.84 Å². The lowest BCUT2D eigenvalue weighted by Gasteiger charge is -2.24. The number of ether oxygens (including phenoxy) is 1. The van der Waals surface area contributed by atoms with Crippen molar-refractivity contribution in [3.8, 4) is 11.4 Å². The number of aliphatic carboxylic acids is 1. The molecule has 0 bridgehead atoms. The van der Waals surface area contributed by atoms with E-state index in [1.54, 1.807) is 0 Å². The standard InChI is InChI=1S/C21H23N3O4/c1-14-10-16(11-15(2)18(14)28-21(3,4)19(25)26)12-24-20(27)23(13-22-24)17-8-6-5-7-9-17/h5-11,13H,12H2,1-4H3,(H,25,26). The van der Waals surface area contributed by atoms with Crippen LogP contribution in [0.25, 0.3) is 5.69 Å². The second-order valence-electron chi connectivity index (χ2n) is 7.25. The van der Waals surface area contributed by atoms with Gasteiger partial charge in [0.1, 0.15) is 12.1 Å². The van der Waals surface area contributed by atoms with Gasteiger partial charge in [-0.15, -0.1) is 0 Å². The van der Waals surface area contributed by atoms with Gasteiger partial charge in [0.2, 0.25) is 0 Å². The number of carbonyl (C=O) groups is 1. The highest BCUT2D eigenvalue weighted by Gasteiger charge is 2.30. The first kappa shape index (κ1) is 19.4. The van der Waals surface area contributed by atoms with Crippen LogP contribution < -0.4 is 10.4 Å². The van der Waals surface area contributed by atoms with Crippen molar-refractivity contribution in [2.75, 3.05) is 0 Å². The molecule has 0 amide bonds. The summed E-state index contributed by atoms with van der Waals surface area (Å²) in [5.41, 5.74) is 1.69. The summed E-state index contributed by atoms with van der Waals surface area (Å²) >= 11 is 0. The number of hydrogen-bond donors (Lipinski definition) is 1. The van der Waals surface area contributed by atoms with E-state index in [1.165, 1.54) is 29.4 Å². The number of para-hydroxylation sites is 1. The smallest absolute Gasteiger partial charge is 0.350 e. The number of rotatable bonds is 6. The molecule has 28 heavy (non-hydrogen) atoms. The molecule has 7 nitrogen and oxygen atoms in total. The van der Waals surface area contributed by atoms with Gasteiger partial charge in [0, 0.05) is 0 Å². The molecule has 2 aromatic carbocycles. The average Bonchev–Trinajstić information content (AvgIpc) is 2.99. The summed E-state index contributed by atoms with van der Waals surface area (Å²) < 4.78 is 8.61. The number of aryl methyl sites for hydroxylation is 2. The first-order chi connectivity index (χ1) is 13.2. The van der Waals surface area contributed by atoms with Crippen molar-refractivity contribution in [3.05, 3.63) is 76.0 Å². The van der Waals surface area contributed by atoms with Crippen LogP contribution in [-0.4, -0.2) is 31.0 Å². The molecular formula is C21H23N3O4. The molecule has 7 heteroatoms. The first-order valence-electron chi connectivity index (χ1n) is 8.91. The Morgan fingerprint density at radius 2 is 1.75 bits per heavy atom. The summed E-state index contributed by atoms with van der Waals surface area (Å²) in [7, 11) is 0. The molecule has 0 unspecified atom stereocenters. The fourth-order valence-electron chi connectivity index (χ4n) is 2.98. The number of carboxylic acid groups (broad SMARTS) is 1. The third kappa shape index (κ3) is 3.83. The van der Waals surface area contributed by atoms with Crippen LogP contribution >= 0.6 is 0 Å². The summed E-state index contributed by atoms with van der Waals surface area (Å²) in [5.74, 6) is -0.494. The van der Waals surface area contributed by atoms with Crippen LogP contribution in [0.4, 0.5) is 0 Å². The van der Waals surface area contributed by atoms with Crippen molar-refractivity contribution >= 4 is 5.97 Å². The molecule has 0 radical (unpaired) electrons. The van der Waals surface area contributed by atoms with Gasteiger partial charge in [-0.3, -0.25) is 0 Å². The number of hydrogen-bond acceptors (Lipinski definition) is 4. The molecule has 0 atom stereocenters. The van der Waals surface area contributed by atoms with Crippen molar-refractivity contribution in [1.82, 2.24) is 14.3 Å². The first-order valence-corrected chi connectivity index (χ1v) is 8.91. The summed E-state index contributed by atoms with van der Waals surface area (Å²) in [6.45, 7) is 7.04. The summed E-state index contributed by atoms with van der Waals surface area (Å²) in [6.07, 6.45) is 1.50. The van der Waals surface area contributed by atoms with E-state index in [-0.39, 0.29) is 5.69 Å². The van der Waals surface area contributed by atoms with Crippen molar-refractivity contribution in [3.63, 3.8) is 0 Å². The van der Waals surface area contributed by atoms with Gasteiger partial charge in [-0.2, -0.15) is 5.10 Å². The van der Waals surface area contributed by atoms with Crippen molar-refractivity contribution in [2.45, 2.75) is 39.8 Å². The van der Waals surface area contributed by atoms with Crippen LogP contribution in [-0.2, 0) is 11.3 Å². The Labute approximate surface area is 162 Å². The molecule has 146 valence electrons. The molecular weight excluding hydrogens is 358 g/mol. The molecule has 0 spiro atoms. The van der Waals surface area contributed by atoms with Crippen LogP contribution in [0.3, 0.4) is 0 Å². The van der Waals surface area contributed by atoms with Crippen LogP contribution in [0.2, 0.25) is 0 Å². The van der Waals surface area contributed by atoms with Crippen LogP contribution in [0.1, 0.15) is 30.5 Å². The fourth-order valence-corrected chi connectivity index (χ4v) is 2.98. The van der Waals surface area contributed by atoms with E-state index in [2.05, 4.69) is 5.10 Å². The molecule has 3 aromatic rings. The number of nitrogens with zero attached hydrogens (tertiary/aromatic N) is 3. The third-order valence-electron chi connectivity index (χ3n) is 4.49. The second kappa shape index (κ2) is 7.34. The van der Waals surface area contributed by atoms with Gasteiger partial charge in [0.05, 0.1) is 12.2 Å². The Hall–Kier alpha value is -3.35. The third-order valence-corrected chi connectivity index (χ3v) is 4.49.